The Hall–Kier alpha value is -0.0800. The fraction of sp³-hybridized carbons (Fsp3) is 0.800. The van der Waals surface area contributed by atoms with E-state index in [1.165, 1.54) is 0 Å². The van der Waals surface area contributed by atoms with Gasteiger partial charge in [-0.05, 0) is 14.0 Å². The van der Waals surface area contributed by atoms with Crippen molar-refractivity contribution in [2.45, 2.75) is 6.10 Å². The van der Waals surface area contributed by atoms with Gasteiger partial charge >= 0.3 is 0 Å². The summed E-state index contributed by atoms with van der Waals surface area (Å²) in [5.74, 6) is 0. The summed E-state index contributed by atoms with van der Waals surface area (Å²) in [6.07, 6.45) is 0.199. The zero-order valence-electron chi connectivity index (χ0n) is 4.55. The zero-order valence-corrected chi connectivity index (χ0v) is 4.55. The average molecular weight is 100 g/mol. The molecule has 0 spiro atoms. The predicted octanol–water partition coefficient (Wildman–Crippen LogP) is 0.109. The van der Waals surface area contributed by atoms with E-state index in [0.717, 1.165) is 13.3 Å². The maximum Gasteiger partial charge on any atom is 0.0993 e. The molecule has 0 amide bonds. The molecule has 1 aliphatic rings. The third-order valence-corrected chi connectivity index (χ3v) is 1.05. The van der Waals surface area contributed by atoms with Crippen LogP contribution in [0.3, 0.4) is 0 Å². The molecule has 1 saturated heterocycles. The summed E-state index contributed by atoms with van der Waals surface area (Å²) in [6.45, 7) is 5.44. The normalized spacial score (nSPS) is 34.3. The van der Waals surface area contributed by atoms with Crippen LogP contribution < -0.4 is 0 Å². The summed E-state index contributed by atoms with van der Waals surface area (Å²) in [5, 5.41) is 0. The van der Waals surface area contributed by atoms with Crippen LogP contribution in [0.4, 0.5) is 0 Å². The minimum atomic E-state index is 0.199. The van der Waals surface area contributed by atoms with Crippen LogP contribution >= 0.6 is 0 Å². The van der Waals surface area contributed by atoms with Crippen molar-refractivity contribution in [3.05, 3.63) is 6.92 Å². The monoisotopic (exact) mass is 100 g/mol. The smallest absolute Gasteiger partial charge is 0.0993 e. The van der Waals surface area contributed by atoms with Crippen LogP contribution in [0.1, 0.15) is 0 Å². The van der Waals surface area contributed by atoms with Crippen LogP contribution in [-0.4, -0.2) is 31.3 Å². The molecule has 0 aromatic rings. The molecule has 1 unspecified atom stereocenters. The van der Waals surface area contributed by atoms with E-state index in [9.17, 15) is 0 Å². The Morgan fingerprint density at radius 3 is 2.71 bits per heavy atom. The molecule has 0 bridgehead atoms. The molecule has 2 nitrogen and oxygen atoms in total. The van der Waals surface area contributed by atoms with Crippen LogP contribution in [-0.2, 0) is 4.74 Å². The van der Waals surface area contributed by atoms with Crippen molar-refractivity contribution in [1.82, 2.24) is 4.90 Å². The van der Waals surface area contributed by atoms with Gasteiger partial charge < -0.3 is 4.74 Å². The van der Waals surface area contributed by atoms with E-state index in [1.807, 2.05) is 7.05 Å². The van der Waals surface area contributed by atoms with Gasteiger partial charge in [-0.15, -0.1) is 0 Å². The van der Waals surface area contributed by atoms with Crippen molar-refractivity contribution in [2.75, 3.05) is 20.3 Å². The summed E-state index contributed by atoms with van der Waals surface area (Å²) in [7, 11) is 2.02. The van der Waals surface area contributed by atoms with Gasteiger partial charge in [0.05, 0.1) is 12.8 Å². The number of hydrogen-bond donors (Lipinski definition) is 0. The van der Waals surface area contributed by atoms with E-state index in [-0.39, 0.29) is 6.10 Å². The Morgan fingerprint density at radius 1 is 1.86 bits per heavy atom. The molecule has 0 aliphatic carbocycles. The van der Waals surface area contributed by atoms with E-state index in [0.29, 0.717) is 0 Å². The molecular weight excluding hydrogens is 90.1 g/mol. The van der Waals surface area contributed by atoms with E-state index >= 15 is 0 Å². The summed E-state index contributed by atoms with van der Waals surface area (Å²) in [4.78, 5) is 2.09. The molecule has 1 rings (SSSR count). The quantitative estimate of drug-likeness (QED) is 0.428. The van der Waals surface area contributed by atoms with Crippen molar-refractivity contribution < 1.29 is 4.74 Å². The Bertz CT molecular complexity index is 57.1. The maximum atomic E-state index is 5.08. The summed E-state index contributed by atoms with van der Waals surface area (Å²) < 4.78 is 5.08. The zero-order chi connectivity index (χ0) is 5.28. The first-order valence-electron chi connectivity index (χ1n) is 2.42. The highest BCUT2D eigenvalue weighted by Crippen LogP contribution is 2.01. The molecule has 1 atom stereocenters. The first kappa shape index (κ1) is 5.06. The predicted molar refractivity (Wildman–Crippen MR) is 27.7 cm³/mol. The second kappa shape index (κ2) is 1.80. The van der Waals surface area contributed by atoms with Crippen LogP contribution in [0.2, 0.25) is 0 Å². The highest BCUT2D eigenvalue weighted by molar-refractivity contribution is 4.68. The van der Waals surface area contributed by atoms with Gasteiger partial charge in [0.2, 0.25) is 0 Å². The lowest BCUT2D eigenvalue weighted by molar-refractivity contribution is 0.119. The molecule has 7 heavy (non-hydrogen) atoms. The van der Waals surface area contributed by atoms with Crippen LogP contribution in [0.25, 0.3) is 0 Å². The molecule has 1 radical (unpaired) electrons. The lowest BCUT2D eigenvalue weighted by atomic mass is 10.4. The minimum Gasteiger partial charge on any atom is -0.362 e. The van der Waals surface area contributed by atoms with Crippen LogP contribution in [0.5, 0.6) is 0 Å². The number of nitrogens with zero attached hydrogens (tertiary/aromatic N) is 1. The van der Waals surface area contributed by atoms with E-state index in [2.05, 4.69) is 11.8 Å². The molecule has 0 aromatic heterocycles. The lowest BCUT2D eigenvalue weighted by Gasteiger charge is -1.99. The standard InChI is InChI=1S/C5H10NO/c1-5-3-6(2)4-7-5/h5H,1,3-4H2,2H3. The van der Waals surface area contributed by atoms with E-state index in [4.69, 9.17) is 4.74 Å². The molecule has 0 aromatic carbocycles. The van der Waals surface area contributed by atoms with Crippen molar-refractivity contribution in [3.63, 3.8) is 0 Å². The molecule has 41 valence electrons. The van der Waals surface area contributed by atoms with Crippen LogP contribution in [0.15, 0.2) is 0 Å². The van der Waals surface area contributed by atoms with Gasteiger partial charge in [0, 0.05) is 6.54 Å². The molecule has 1 heterocycles. The van der Waals surface area contributed by atoms with E-state index < -0.39 is 0 Å². The number of likely N-dealkylation sites (N-methyl/N-ethyl adjacent to an activating group) is 1. The van der Waals surface area contributed by atoms with Crippen molar-refractivity contribution in [2.24, 2.45) is 0 Å². The fourth-order valence-electron chi connectivity index (χ4n) is 0.686. The van der Waals surface area contributed by atoms with Gasteiger partial charge in [-0.25, -0.2) is 0 Å². The van der Waals surface area contributed by atoms with Gasteiger partial charge in [-0.2, -0.15) is 0 Å². The number of ether oxygens (including phenoxy) is 1. The number of hydrogen-bond acceptors (Lipinski definition) is 2. The SMILES string of the molecule is [CH2]C1CN(C)CO1. The molecule has 2 heteroatoms. The summed E-state index contributed by atoms with van der Waals surface area (Å²) in [6, 6.07) is 0. The second-order valence-corrected chi connectivity index (χ2v) is 1.96. The van der Waals surface area contributed by atoms with Crippen molar-refractivity contribution in [1.29, 1.82) is 0 Å². The molecule has 0 N–H and O–H groups in total. The largest absolute Gasteiger partial charge is 0.362 e. The first-order valence-corrected chi connectivity index (χ1v) is 2.42. The first-order chi connectivity index (χ1) is 3.29. The van der Waals surface area contributed by atoms with Gasteiger partial charge in [0.25, 0.3) is 0 Å². The molecule has 1 fully saturated rings. The molecule has 1 aliphatic heterocycles. The van der Waals surface area contributed by atoms with Gasteiger partial charge in [-0.1, -0.05) is 0 Å². The maximum absolute atomic E-state index is 5.08. The van der Waals surface area contributed by atoms with Gasteiger partial charge in [0.15, 0.2) is 0 Å². The van der Waals surface area contributed by atoms with Crippen molar-refractivity contribution in [3.8, 4) is 0 Å². The van der Waals surface area contributed by atoms with Crippen molar-refractivity contribution >= 4 is 0 Å². The third-order valence-electron chi connectivity index (χ3n) is 1.05. The second-order valence-electron chi connectivity index (χ2n) is 1.96. The van der Waals surface area contributed by atoms with E-state index in [1.54, 1.807) is 0 Å². The van der Waals surface area contributed by atoms with Crippen LogP contribution in [0, 0.1) is 6.92 Å². The highest BCUT2D eigenvalue weighted by atomic mass is 16.5. The number of rotatable bonds is 0. The lowest BCUT2D eigenvalue weighted by Crippen LogP contribution is -2.14. The Kier molecular flexibility index (Phi) is 1.30. The highest BCUT2D eigenvalue weighted by Gasteiger charge is 2.13. The topological polar surface area (TPSA) is 12.5 Å². The Labute approximate surface area is 44.1 Å². The molecule has 0 saturated carbocycles. The minimum absolute atomic E-state index is 0.199. The van der Waals surface area contributed by atoms with Gasteiger partial charge in [0.1, 0.15) is 0 Å². The fourth-order valence-corrected chi connectivity index (χ4v) is 0.686. The van der Waals surface area contributed by atoms with Gasteiger partial charge in [-0.3, -0.25) is 4.90 Å². The average Bonchev–Trinajstić information content (AvgIpc) is 1.87. The molecular formula is C5H10NO. The summed E-state index contributed by atoms with van der Waals surface area (Å²) in [5.41, 5.74) is 0. The summed E-state index contributed by atoms with van der Waals surface area (Å²) >= 11 is 0. The Balaban J connectivity index is 2.26. The Morgan fingerprint density at radius 2 is 2.57 bits per heavy atom. The third kappa shape index (κ3) is 1.14.